The third-order valence-electron chi connectivity index (χ3n) is 5.00. The van der Waals surface area contributed by atoms with Crippen molar-refractivity contribution in [2.75, 3.05) is 23.7 Å². The van der Waals surface area contributed by atoms with Gasteiger partial charge in [0.25, 0.3) is 0 Å². The Morgan fingerprint density at radius 2 is 2.24 bits per heavy atom. The van der Waals surface area contributed by atoms with E-state index < -0.39 is 0 Å². The predicted molar refractivity (Wildman–Crippen MR) is 113 cm³/mol. The molecule has 0 spiro atoms. The molecule has 1 aliphatic rings. The molecule has 1 saturated heterocycles. The van der Waals surface area contributed by atoms with Gasteiger partial charge in [-0.3, -0.25) is 9.48 Å². The lowest BCUT2D eigenvalue weighted by atomic mass is 10.1. The summed E-state index contributed by atoms with van der Waals surface area (Å²) in [6.07, 6.45) is 9.29. The van der Waals surface area contributed by atoms with Crippen LogP contribution in [0.25, 0.3) is 11.0 Å². The van der Waals surface area contributed by atoms with Crippen LogP contribution in [0, 0.1) is 0 Å². The molecule has 152 valence electrons. The molecular weight excluding hydrogens is 392 g/mol. The van der Waals surface area contributed by atoms with E-state index in [1.54, 1.807) is 17.1 Å². The van der Waals surface area contributed by atoms with Gasteiger partial charge < -0.3 is 20.5 Å². The lowest BCUT2D eigenvalue weighted by Gasteiger charge is -2.20. The number of nitrogens with one attached hydrogen (secondary N) is 3. The van der Waals surface area contributed by atoms with Crippen molar-refractivity contribution in [3.63, 3.8) is 0 Å². The van der Waals surface area contributed by atoms with E-state index in [4.69, 9.17) is 11.6 Å². The number of hydrogen-bond acceptors (Lipinski definition) is 6. The topological polar surface area (TPSA) is 104 Å². The molecule has 1 fully saturated rings. The summed E-state index contributed by atoms with van der Waals surface area (Å²) in [5.41, 5.74) is 1.44. The third kappa shape index (κ3) is 4.19. The molecular formula is C19H23ClN8O. The van der Waals surface area contributed by atoms with Crippen molar-refractivity contribution in [3.05, 3.63) is 36.3 Å². The molecule has 29 heavy (non-hydrogen) atoms. The number of halogens is 1. The Morgan fingerprint density at radius 3 is 3.00 bits per heavy atom. The second-order valence-electron chi connectivity index (χ2n) is 7.09. The molecule has 1 aliphatic heterocycles. The first-order valence-electron chi connectivity index (χ1n) is 9.51. The van der Waals surface area contributed by atoms with Crippen molar-refractivity contribution >= 4 is 46.0 Å². The average Bonchev–Trinajstić information content (AvgIpc) is 3.19. The first kappa shape index (κ1) is 19.3. The molecule has 3 N–H and O–H groups in total. The van der Waals surface area contributed by atoms with Gasteiger partial charge >= 0.3 is 0 Å². The summed E-state index contributed by atoms with van der Waals surface area (Å²) in [6, 6.07) is 0.174. The highest BCUT2D eigenvalue weighted by Crippen LogP contribution is 2.31. The molecule has 0 aromatic carbocycles. The molecule has 3 aromatic heterocycles. The highest BCUT2D eigenvalue weighted by atomic mass is 35.5. The lowest BCUT2D eigenvalue weighted by Crippen LogP contribution is -2.31. The summed E-state index contributed by atoms with van der Waals surface area (Å²) < 4.78 is 1.70. The highest BCUT2D eigenvalue weighted by Gasteiger charge is 2.21. The Morgan fingerprint density at radius 1 is 1.38 bits per heavy atom. The SMILES string of the molecule is C=CC(=O)N1CCC[C@@H](Nc2nc(Nc3cnn(C)c3)nc3[nH]cc(Cl)c23)CC1. The molecule has 0 saturated carbocycles. The van der Waals surface area contributed by atoms with Crippen LogP contribution in [0.15, 0.2) is 31.2 Å². The van der Waals surface area contributed by atoms with Gasteiger partial charge in [0.2, 0.25) is 11.9 Å². The van der Waals surface area contributed by atoms with Gasteiger partial charge in [0.15, 0.2) is 0 Å². The minimum Gasteiger partial charge on any atom is -0.366 e. The van der Waals surface area contributed by atoms with E-state index in [1.807, 2.05) is 18.1 Å². The standard InChI is InChI=1S/C19H23ClN8O/c1-3-15(29)28-7-4-5-12(6-8-28)23-18-16-14(20)10-21-17(16)25-19(26-18)24-13-9-22-27(2)11-13/h3,9-12H,1,4-8H2,2H3,(H3,21,23,24,25,26)/t12-/m1/s1. The van der Waals surface area contributed by atoms with Crippen LogP contribution in [0.2, 0.25) is 5.02 Å². The summed E-state index contributed by atoms with van der Waals surface area (Å²) in [5, 5.41) is 12.2. The predicted octanol–water partition coefficient (Wildman–Crippen LogP) is 3.07. The van der Waals surface area contributed by atoms with Crippen LogP contribution in [-0.2, 0) is 11.8 Å². The number of rotatable bonds is 5. The number of anilines is 3. The molecule has 0 aliphatic carbocycles. The molecule has 3 aromatic rings. The van der Waals surface area contributed by atoms with E-state index in [2.05, 4.69) is 37.3 Å². The number of H-pyrrole nitrogens is 1. The zero-order valence-corrected chi connectivity index (χ0v) is 16.9. The zero-order chi connectivity index (χ0) is 20.4. The van der Waals surface area contributed by atoms with Crippen molar-refractivity contribution < 1.29 is 4.79 Å². The van der Waals surface area contributed by atoms with E-state index in [-0.39, 0.29) is 11.9 Å². The lowest BCUT2D eigenvalue weighted by molar-refractivity contribution is -0.125. The van der Waals surface area contributed by atoms with E-state index in [1.165, 1.54) is 6.08 Å². The van der Waals surface area contributed by atoms with Crippen molar-refractivity contribution in [3.8, 4) is 0 Å². The fraction of sp³-hybridized carbons (Fsp3) is 0.368. The third-order valence-corrected chi connectivity index (χ3v) is 5.30. The minimum absolute atomic E-state index is 0.0216. The smallest absolute Gasteiger partial charge is 0.245 e. The van der Waals surface area contributed by atoms with Gasteiger partial charge in [-0.15, -0.1) is 0 Å². The van der Waals surface area contributed by atoms with E-state index >= 15 is 0 Å². The normalized spacial score (nSPS) is 17.2. The van der Waals surface area contributed by atoms with Gasteiger partial charge in [-0.25, -0.2) is 0 Å². The molecule has 0 radical (unpaired) electrons. The molecule has 4 heterocycles. The number of aryl methyl sites for hydroxylation is 1. The Hall–Kier alpha value is -3.07. The number of fused-ring (bicyclic) bond motifs is 1. The molecule has 10 heteroatoms. The number of aromatic nitrogens is 5. The summed E-state index contributed by atoms with van der Waals surface area (Å²) in [6.45, 7) is 5.00. The number of likely N-dealkylation sites (tertiary alicyclic amines) is 1. The Labute approximate surface area is 173 Å². The van der Waals surface area contributed by atoms with Crippen molar-refractivity contribution in [1.29, 1.82) is 0 Å². The Bertz CT molecular complexity index is 1040. The fourth-order valence-corrected chi connectivity index (χ4v) is 3.79. The quantitative estimate of drug-likeness (QED) is 0.554. The van der Waals surface area contributed by atoms with E-state index in [9.17, 15) is 4.79 Å². The van der Waals surface area contributed by atoms with Crippen molar-refractivity contribution in [2.24, 2.45) is 7.05 Å². The van der Waals surface area contributed by atoms with Gasteiger partial charge in [-0.2, -0.15) is 15.1 Å². The van der Waals surface area contributed by atoms with Gasteiger partial charge in [0.1, 0.15) is 11.5 Å². The number of hydrogen-bond donors (Lipinski definition) is 3. The monoisotopic (exact) mass is 414 g/mol. The molecule has 9 nitrogen and oxygen atoms in total. The number of carbonyl (C=O) groups excluding carboxylic acids is 1. The summed E-state index contributed by atoms with van der Waals surface area (Å²) in [7, 11) is 1.85. The van der Waals surface area contributed by atoms with Crippen LogP contribution in [0.5, 0.6) is 0 Å². The van der Waals surface area contributed by atoms with Gasteiger partial charge in [-0.05, 0) is 25.3 Å². The molecule has 0 bridgehead atoms. The largest absolute Gasteiger partial charge is 0.366 e. The molecule has 1 amide bonds. The number of carbonyl (C=O) groups is 1. The van der Waals surface area contributed by atoms with E-state index in [0.29, 0.717) is 29.0 Å². The maximum absolute atomic E-state index is 11.9. The number of aromatic amines is 1. The van der Waals surface area contributed by atoms with Gasteiger partial charge in [0.05, 0.1) is 22.3 Å². The van der Waals surface area contributed by atoms with Crippen molar-refractivity contribution in [1.82, 2.24) is 29.6 Å². The minimum atomic E-state index is -0.0216. The number of amides is 1. The van der Waals surface area contributed by atoms with Crippen LogP contribution in [0.4, 0.5) is 17.5 Å². The van der Waals surface area contributed by atoms with Crippen molar-refractivity contribution in [2.45, 2.75) is 25.3 Å². The van der Waals surface area contributed by atoms with Gasteiger partial charge in [-0.1, -0.05) is 18.2 Å². The van der Waals surface area contributed by atoms with Crippen LogP contribution in [-0.4, -0.2) is 54.7 Å². The highest BCUT2D eigenvalue weighted by molar-refractivity contribution is 6.36. The Balaban J connectivity index is 1.57. The number of nitrogens with zero attached hydrogens (tertiary/aromatic N) is 5. The van der Waals surface area contributed by atoms with Crippen LogP contribution < -0.4 is 10.6 Å². The van der Waals surface area contributed by atoms with Crippen LogP contribution in [0.3, 0.4) is 0 Å². The fourth-order valence-electron chi connectivity index (χ4n) is 3.55. The average molecular weight is 415 g/mol. The maximum atomic E-state index is 11.9. The van der Waals surface area contributed by atoms with Gasteiger partial charge in [0, 0.05) is 38.6 Å². The Kier molecular flexibility index (Phi) is 5.39. The summed E-state index contributed by atoms with van der Waals surface area (Å²) in [5.74, 6) is 1.09. The molecule has 1 atom stereocenters. The first-order chi connectivity index (χ1) is 14.0. The second-order valence-corrected chi connectivity index (χ2v) is 7.49. The van der Waals surface area contributed by atoms with E-state index in [0.717, 1.165) is 36.9 Å². The maximum Gasteiger partial charge on any atom is 0.245 e. The van der Waals surface area contributed by atoms with Crippen LogP contribution >= 0.6 is 11.6 Å². The summed E-state index contributed by atoms with van der Waals surface area (Å²) >= 11 is 6.38. The molecule has 4 rings (SSSR count). The molecule has 0 unspecified atom stereocenters. The second kappa shape index (κ2) is 8.12. The zero-order valence-electron chi connectivity index (χ0n) is 16.2. The first-order valence-corrected chi connectivity index (χ1v) is 9.89. The summed E-state index contributed by atoms with van der Waals surface area (Å²) in [4.78, 5) is 26.0. The van der Waals surface area contributed by atoms with Crippen LogP contribution in [0.1, 0.15) is 19.3 Å².